The Kier molecular flexibility index (Phi) is 5.32. The van der Waals surface area contributed by atoms with E-state index in [1.807, 2.05) is 0 Å². The minimum absolute atomic E-state index is 0.159. The highest BCUT2D eigenvalue weighted by Crippen LogP contribution is 2.47. The summed E-state index contributed by atoms with van der Waals surface area (Å²) in [5.74, 6) is 0.369. The van der Waals surface area contributed by atoms with Gasteiger partial charge in [0.1, 0.15) is 5.75 Å². The van der Waals surface area contributed by atoms with Crippen LogP contribution in [0.5, 0.6) is 5.75 Å². The molecule has 0 aliphatic heterocycles. The molecule has 0 radical (unpaired) electrons. The number of unbranched alkanes of at least 4 members (excludes halogenated alkanes) is 2. The quantitative estimate of drug-likeness (QED) is 0.749. The number of benzene rings is 1. The van der Waals surface area contributed by atoms with Crippen LogP contribution in [0, 0.1) is 5.41 Å². The van der Waals surface area contributed by atoms with Crippen molar-refractivity contribution >= 4 is 17.4 Å². The van der Waals surface area contributed by atoms with Gasteiger partial charge in [0.15, 0.2) is 5.78 Å². The highest BCUT2D eigenvalue weighted by atomic mass is 35.5. The Hall–Kier alpha value is -1.02. The van der Waals surface area contributed by atoms with Crippen LogP contribution >= 0.6 is 11.6 Å². The number of carbonyl (C=O) groups is 1. The van der Waals surface area contributed by atoms with Gasteiger partial charge in [0.25, 0.3) is 0 Å². The molecule has 0 saturated heterocycles. The van der Waals surface area contributed by atoms with Crippen LogP contribution in [0.2, 0.25) is 5.02 Å². The molecule has 0 bridgehead atoms. The number of carbonyl (C=O) groups excluding carboxylic acids is 1. The zero-order chi connectivity index (χ0) is 15.5. The van der Waals surface area contributed by atoms with E-state index >= 15 is 0 Å². The van der Waals surface area contributed by atoms with E-state index < -0.39 is 0 Å². The number of Topliss-reactive ketones (excluding diaryl/α,β-unsaturated/α-hetero) is 1. The zero-order valence-electron chi connectivity index (χ0n) is 13.0. The lowest BCUT2D eigenvalue weighted by Gasteiger charge is -2.37. The van der Waals surface area contributed by atoms with Gasteiger partial charge in [0.05, 0.1) is 5.02 Å². The molecule has 1 aromatic carbocycles. The number of aromatic hydroxyl groups is 1. The van der Waals surface area contributed by atoms with Crippen LogP contribution in [0.3, 0.4) is 0 Å². The monoisotopic (exact) mass is 308 g/mol. The average Bonchev–Trinajstić information content (AvgIpc) is 2.49. The molecule has 1 aliphatic rings. The van der Waals surface area contributed by atoms with Crippen LogP contribution in [0.4, 0.5) is 0 Å². The zero-order valence-corrected chi connectivity index (χ0v) is 13.8. The Morgan fingerprint density at radius 3 is 2.38 bits per heavy atom. The molecule has 0 atom stereocenters. The van der Waals surface area contributed by atoms with Gasteiger partial charge in [0, 0.05) is 16.5 Å². The first kappa shape index (κ1) is 16.4. The van der Waals surface area contributed by atoms with Crippen LogP contribution in [0.15, 0.2) is 12.1 Å². The predicted octanol–water partition coefficient (Wildman–Crippen LogP) is 5.54. The predicted molar refractivity (Wildman–Crippen MR) is 87.3 cm³/mol. The molecular weight excluding hydrogens is 284 g/mol. The normalized spacial score (nSPS) is 16.8. The SMILES string of the molecule is CCCCC1(CCCC)CCc2c(O)ccc(Cl)c2C1=O. The molecule has 116 valence electrons. The van der Waals surface area contributed by atoms with Gasteiger partial charge in [-0.25, -0.2) is 0 Å². The Morgan fingerprint density at radius 2 is 1.81 bits per heavy atom. The first-order chi connectivity index (χ1) is 10.1. The smallest absolute Gasteiger partial charge is 0.170 e. The fraction of sp³-hybridized carbons (Fsp3) is 0.611. The standard InChI is InChI=1S/C18H25ClO2/c1-3-5-10-18(11-6-4-2)12-9-13-15(20)8-7-14(19)16(13)17(18)21/h7-8,20H,3-6,9-12H2,1-2H3. The Balaban J connectivity index is 2.41. The summed E-state index contributed by atoms with van der Waals surface area (Å²) in [5, 5.41) is 10.5. The van der Waals surface area contributed by atoms with Crippen molar-refractivity contribution in [1.82, 2.24) is 0 Å². The van der Waals surface area contributed by atoms with Crippen LogP contribution in [0.25, 0.3) is 0 Å². The van der Waals surface area contributed by atoms with Crippen molar-refractivity contribution in [3.8, 4) is 5.75 Å². The van der Waals surface area contributed by atoms with Gasteiger partial charge < -0.3 is 5.11 Å². The molecule has 3 heteroatoms. The number of hydrogen-bond acceptors (Lipinski definition) is 2. The second-order valence-corrected chi connectivity index (χ2v) is 6.64. The minimum atomic E-state index is -0.267. The molecule has 0 heterocycles. The second kappa shape index (κ2) is 6.83. The van der Waals surface area contributed by atoms with Gasteiger partial charge in [0.2, 0.25) is 0 Å². The maximum absolute atomic E-state index is 13.1. The summed E-state index contributed by atoms with van der Waals surface area (Å²) in [7, 11) is 0. The van der Waals surface area contributed by atoms with Gasteiger partial charge in [-0.05, 0) is 37.8 Å². The van der Waals surface area contributed by atoms with Crippen molar-refractivity contribution < 1.29 is 9.90 Å². The van der Waals surface area contributed by atoms with Gasteiger partial charge in [-0.3, -0.25) is 4.79 Å². The van der Waals surface area contributed by atoms with Crippen LogP contribution < -0.4 is 0 Å². The maximum Gasteiger partial charge on any atom is 0.170 e. The highest BCUT2D eigenvalue weighted by Gasteiger charge is 2.42. The van der Waals surface area contributed by atoms with E-state index in [4.69, 9.17) is 11.6 Å². The van der Waals surface area contributed by atoms with Crippen molar-refractivity contribution in [2.24, 2.45) is 5.41 Å². The van der Waals surface area contributed by atoms with Crippen molar-refractivity contribution in [3.05, 3.63) is 28.3 Å². The molecule has 1 aliphatic carbocycles. The second-order valence-electron chi connectivity index (χ2n) is 6.24. The van der Waals surface area contributed by atoms with E-state index in [2.05, 4.69) is 13.8 Å². The summed E-state index contributed by atoms with van der Waals surface area (Å²) in [6.07, 6.45) is 7.81. The van der Waals surface area contributed by atoms with E-state index in [1.54, 1.807) is 12.1 Å². The Bertz CT molecular complexity index is 514. The van der Waals surface area contributed by atoms with Gasteiger partial charge in [-0.1, -0.05) is 51.1 Å². The third kappa shape index (κ3) is 3.11. The number of halogens is 1. The third-order valence-corrected chi connectivity index (χ3v) is 5.13. The lowest BCUT2D eigenvalue weighted by molar-refractivity contribution is 0.0706. The molecule has 0 unspecified atom stereocenters. The first-order valence-electron chi connectivity index (χ1n) is 8.11. The van der Waals surface area contributed by atoms with Gasteiger partial charge >= 0.3 is 0 Å². The molecule has 0 aromatic heterocycles. The molecule has 0 fully saturated rings. The van der Waals surface area contributed by atoms with Crippen molar-refractivity contribution in [2.45, 2.75) is 65.2 Å². The number of hydrogen-bond donors (Lipinski definition) is 1. The largest absolute Gasteiger partial charge is 0.508 e. The molecular formula is C18H25ClO2. The summed E-state index contributed by atoms with van der Waals surface area (Å²) in [5.41, 5.74) is 1.06. The number of phenols is 1. The highest BCUT2D eigenvalue weighted by molar-refractivity contribution is 6.34. The summed E-state index contributed by atoms with van der Waals surface area (Å²) in [4.78, 5) is 13.1. The summed E-state index contributed by atoms with van der Waals surface area (Å²) < 4.78 is 0. The third-order valence-electron chi connectivity index (χ3n) is 4.82. The van der Waals surface area contributed by atoms with Crippen LogP contribution in [-0.4, -0.2) is 10.9 Å². The van der Waals surface area contributed by atoms with Crippen molar-refractivity contribution in [3.63, 3.8) is 0 Å². The number of phenolic OH excluding ortho intramolecular Hbond substituents is 1. The topological polar surface area (TPSA) is 37.3 Å². The number of ketones is 1. The molecule has 1 N–H and O–H groups in total. The molecule has 0 amide bonds. The molecule has 2 rings (SSSR count). The fourth-order valence-corrected chi connectivity index (χ4v) is 3.75. The number of fused-ring (bicyclic) bond motifs is 1. The van der Waals surface area contributed by atoms with E-state index in [1.165, 1.54) is 0 Å². The van der Waals surface area contributed by atoms with Crippen LogP contribution in [-0.2, 0) is 6.42 Å². The molecule has 1 aromatic rings. The average molecular weight is 309 g/mol. The first-order valence-corrected chi connectivity index (χ1v) is 8.48. The lowest BCUT2D eigenvalue weighted by atomic mass is 9.65. The lowest BCUT2D eigenvalue weighted by Crippen LogP contribution is -2.36. The van der Waals surface area contributed by atoms with Crippen molar-refractivity contribution in [2.75, 3.05) is 0 Å². The van der Waals surface area contributed by atoms with E-state index in [-0.39, 0.29) is 16.9 Å². The summed E-state index contributed by atoms with van der Waals surface area (Å²) in [6.45, 7) is 4.32. The molecule has 2 nitrogen and oxygen atoms in total. The molecule has 21 heavy (non-hydrogen) atoms. The van der Waals surface area contributed by atoms with E-state index in [0.29, 0.717) is 10.6 Å². The summed E-state index contributed by atoms with van der Waals surface area (Å²) in [6, 6.07) is 3.24. The Morgan fingerprint density at radius 1 is 1.19 bits per heavy atom. The van der Waals surface area contributed by atoms with Gasteiger partial charge in [-0.2, -0.15) is 0 Å². The Labute approximate surface area is 132 Å². The molecule has 0 saturated carbocycles. The van der Waals surface area contributed by atoms with Crippen LogP contribution in [0.1, 0.15) is 74.7 Å². The van der Waals surface area contributed by atoms with Gasteiger partial charge in [-0.15, -0.1) is 0 Å². The van der Waals surface area contributed by atoms with E-state index in [0.717, 1.165) is 56.9 Å². The minimum Gasteiger partial charge on any atom is -0.508 e. The number of rotatable bonds is 6. The molecule has 0 spiro atoms. The van der Waals surface area contributed by atoms with Crippen molar-refractivity contribution in [1.29, 1.82) is 0 Å². The fourth-order valence-electron chi connectivity index (χ4n) is 3.48. The summed E-state index contributed by atoms with van der Waals surface area (Å²) >= 11 is 6.27. The van der Waals surface area contributed by atoms with E-state index in [9.17, 15) is 9.90 Å². The maximum atomic E-state index is 13.1.